The molecule has 15 heavy (non-hydrogen) atoms. The zero-order chi connectivity index (χ0) is 11.5. The van der Waals surface area contributed by atoms with Gasteiger partial charge >= 0.3 is 0 Å². The molecule has 0 unspecified atom stereocenters. The van der Waals surface area contributed by atoms with E-state index in [0.29, 0.717) is 0 Å². The van der Waals surface area contributed by atoms with Crippen LogP contribution in [-0.4, -0.2) is 25.5 Å². The summed E-state index contributed by atoms with van der Waals surface area (Å²) in [5.41, 5.74) is 1.85. The summed E-state index contributed by atoms with van der Waals surface area (Å²) in [7, 11) is 0. The van der Waals surface area contributed by atoms with Crippen molar-refractivity contribution in [3.8, 4) is 0 Å². The fourth-order valence-corrected chi connectivity index (χ4v) is 0.910. The van der Waals surface area contributed by atoms with Crippen molar-refractivity contribution < 1.29 is 0 Å². The molecular formula is C11H20N4. The lowest BCUT2D eigenvalue weighted by molar-refractivity contribution is 0.824. The highest BCUT2D eigenvalue weighted by Crippen LogP contribution is 1.94. The first-order valence-corrected chi connectivity index (χ1v) is 5.08. The van der Waals surface area contributed by atoms with Gasteiger partial charge in [-0.3, -0.25) is 0 Å². The molecule has 0 aromatic rings. The van der Waals surface area contributed by atoms with Gasteiger partial charge in [-0.15, -0.1) is 0 Å². The molecule has 0 rings (SSSR count). The SMILES string of the molecule is CCN/C=C(\C=N)CCN/C=C(/C)C=N. The summed E-state index contributed by atoms with van der Waals surface area (Å²) in [6.07, 6.45) is 7.14. The lowest BCUT2D eigenvalue weighted by Gasteiger charge is -2.03. The van der Waals surface area contributed by atoms with E-state index in [0.717, 1.165) is 30.7 Å². The second-order valence-electron chi connectivity index (χ2n) is 3.16. The largest absolute Gasteiger partial charge is 0.391 e. The molecular weight excluding hydrogens is 188 g/mol. The predicted octanol–water partition coefficient (Wildman–Crippen LogP) is 1.66. The summed E-state index contributed by atoms with van der Waals surface area (Å²) in [5.74, 6) is 0. The Morgan fingerprint density at radius 2 is 1.87 bits per heavy atom. The van der Waals surface area contributed by atoms with E-state index >= 15 is 0 Å². The molecule has 4 nitrogen and oxygen atoms in total. The molecule has 0 radical (unpaired) electrons. The third-order valence-corrected chi connectivity index (χ3v) is 1.79. The smallest absolute Gasteiger partial charge is 0.0224 e. The minimum absolute atomic E-state index is 0.776. The second kappa shape index (κ2) is 8.99. The maximum Gasteiger partial charge on any atom is 0.0224 e. The molecule has 84 valence electrons. The number of nitrogens with one attached hydrogen (secondary N) is 4. The Bertz CT molecular complexity index is 253. The van der Waals surface area contributed by atoms with Crippen LogP contribution in [0, 0.1) is 10.8 Å². The van der Waals surface area contributed by atoms with Crippen molar-refractivity contribution in [1.82, 2.24) is 10.6 Å². The minimum Gasteiger partial charge on any atom is -0.391 e. The fourth-order valence-electron chi connectivity index (χ4n) is 0.910. The molecule has 0 aliphatic rings. The van der Waals surface area contributed by atoms with Gasteiger partial charge in [0, 0.05) is 37.9 Å². The molecule has 0 heterocycles. The highest BCUT2D eigenvalue weighted by atomic mass is 14.8. The van der Waals surface area contributed by atoms with Gasteiger partial charge in [-0.2, -0.15) is 0 Å². The van der Waals surface area contributed by atoms with E-state index < -0.39 is 0 Å². The second-order valence-corrected chi connectivity index (χ2v) is 3.16. The highest BCUT2D eigenvalue weighted by molar-refractivity contribution is 5.75. The summed E-state index contributed by atoms with van der Waals surface area (Å²) in [6, 6.07) is 0. The monoisotopic (exact) mass is 208 g/mol. The third kappa shape index (κ3) is 7.49. The molecule has 0 aromatic carbocycles. The Hall–Kier alpha value is -1.58. The lowest BCUT2D eigenvalue weighted by Crippen LogP contribution is -2.11. The van der Waals surface area contributed by atoms with Crippen molar-refractivity contribution in [2.45, 2.75) is 20.3 Å². The molecule has 0 saturated carbocycles. The number of hydrogen-bond acceptors (Lipinski definition) is 4. The van der Waals surface area contributed by atoms with Crippen molar-refractivity contribution in [3.63, 3.8) is 0 Å². The molecule has 0 saturated heterocycles. The van der Waals surface area contributed by atoms with E-state index in [1.807, 2.05) is 26.2 Å². The zero-order valence-corrected chi connectivity index (χ0v) is 9.43. The maximum absolute atomic E-state index is 7.18. The van der Waals surface area contributed by atoms with E-state index in [1.165, 1.54) is 12.4 Å². The first-order chi connectivity index (χ1) is 7.24. The van der Waals surface area contributed by atoms with Crippen LogP contribution in [0.1, 0.15) is 20.3 Å². The average Bonchev–Trinajstić information content (AvgIpc) is 2.27. The molecule has 0 atom stereocenters. The summed E-state index contributed by atoms with van der Waals surface area (Å²) >= 11 is 0. The minimum atomic E-state index is 0.776. The molecule has 4 heteroatoms. The van der Waals surface area contributed by atoms with Crippen LogP contribution in [0.3, 0.4) is 0 Å². The van der Waals surface area contributed by atoms with Gasteiger partial charge in [0.1, 0.15) is 0 Å². The van der Waals surface area contributed by atoms with Gasteiger partial charge in [0.2, 0.25) is 0 Å². The van der Waals surface area contributed by atoms with Gasteiger partial charge in [0.05, 0.1) is 0 Å². The molecule has 0 aliphatic carbocycles. The molecule has 0 aromatic heterocycles. The van der Waals surface area contributed by atoms with Crippen LogP contribution < -0.4 is 10.6 Å². The quantitative estimate of drug-likeness (QED) is 0.362. The van der Waals surface area contributed by atoms with Crippen LogP contribution in [-0.2, 0) is 0 Å². The van der Waals surface area contributed by atoms with Gasteiger partial charge in [-0.25, -0.2) is 0 Å². The number of allylic oxidation sites excluding steroid dienone is 1. The topological polar surface area (TPSA) is 71.8 Å². The molecule has 0 amide bonds. The Morgan fingerprint density at radius 3 is 2.40 bits per heavy atom. The Kier molecular flexibility index (Phi) is 8.05. The van der Waals surface area contributed by atoms with E-state index in [1.54, 1.807) is 0 Å². The fraction of sp³-hybridized carbons (Fsp3) is 0.455. The Morgan fingerprint density at radius 1 is 1.13 bits per heavy atom. The van der Waals surface area contributed by atoms with Crippen LogP contribution in [0.2, 0.25) is 0 Å². The third-order valence-electron chi connectivity index (χ3n) is 1.79. The Balaban J connectivity index is 3.82. The maximum atomic E-state index is 7.18. The van der Waals surface area contributed by atoms with E-state index in [9.17, 15) is 0 Å². The van der Waals surface area contributed by atoms with Gasteiger partial charge in [0.25, 0.3) is 0 Å². The zero-order valence-electron chi connectivity index (χ0n) is 9.43. The average molecular weight is 208 g/mol. The number of rotatable bonds is 8. The van der Waals surface area contributed by atoms with Crippen LogP contribution >= 0.6 is 0 Å². The van der Waals surface area contributed by atoms with Gasteiger partial charge in [-0.05, 0) is 31.4 Å². The molecule has 0 fully saturated rings. The van der Waals surface area contributed by atoms with Crippen molar-refractivity contribution in [3.05, 3.63) is 23.5 Å². The first-order valence-electron chi connectivity index (χ1n) is 5.08. The van der Waals surface area contributed by atoms with Crippen LogP contribution in [0.5, 0.6) is 0 Å². The molecule has 0 spiro atoms. The van der Waals surface area contributed by atoms with Gasteiger partial charge < -0.3 is 21.5 Å². The molecule has 0 aliphatic heterocycles. The highest BCUT2D eigenvalue weighted by Gasteiger charge is 1.91. The first kappa shape index (κ1) is 13.4. The van der Waals surface area contributed by atoms with E-state index in [2.05, 4.69) is 10.6 Å². The van der Waals surface area contributed by atoms with Crippen LogP contribution in [0.15, 0.2) is 23.5 Å². The standard InChI is InChI=1S/C11H20N4/c1-3-14-9-11(7-13)4-5-15-8-10(2)6-12/h6-9,12-15H,3-5H2,1-2H3/b10-8-,11-9-,12-6?,13-7?. The summed E-state index contributed by atoms with van der Waals surface area (Å²) in [6.45, 7) is 5.54. The summed E-state index contributed by atoms with van der Waals surface area (Å²) in [4.78, 5) is 0. The lowest BCUT2D eigenvalue weighted by atomic mass is 10.2. The van der Waals surface area contributed by atoms with Crippen molar-refractivity contribution in [2.75, 3.05) is 13.1 Å². The molecule has 0 bridgehead atoms. The van der Waals surface area contributed by atoms with Gasteiger partial charge in [-0.1, -0.05) is 0 Å². The van der Waals surface area contributed by atoms with E-state index in [4.69, 9.17) is 10.8 Å². The van der Waals surface area contributed by atoms with Crippen molar-refractivity contribution >= 4 is 12.4 Å². The van der Waals surface area contributed by atoms with Crippen LogP contribution in [0.25, 0.3) is 0 Å². The summed E-state index contributed by atoms with van der Waals surface area (Å²) < 4.78 is 0. The van der Waals surface area contributed by atoms with Gasteiger partial charge in [0.15, 0.2) is 0 Å². The molecule has 4 N–H and O–H groups in total. The van der Waals surface area contributed by atoms with Crippen molar-refractivity contribution in [2.24, 2.45) is 0 Å². The summed E-state index contributed by atoms with van der Waals surface area (Å²) in [5, 5.41) is 20.3. The number of hydrogen-bond donors (Lipinski definition) is 4. The normalized spacial score (nSPS) is 12.1. The van der Waals surface area contributed by atoms with Crippen molar-refractivity contribution in [1.29, 1.82) is 10.8 Å². The Labute approximate surface area is 91.5 Å². The van der Waals surface area contributed by atoms with E-state index in [-0.39, 0.29) is 0 Å². The van der Waals surface area contributed by atoms with Crippen LogP contribution in [0.4, 0.5) is 0 Å². The predicted molar refractivity (Wildman–Crippen MR) is 65.7 cm³/mol.